The van der Waals surface area contributed by atoms with Crippen LogP contribution in [0.15, 0.2) is 49.2 Å². The molecule has 0 amide bonds. The standard InChI is InChI=1S/C28H40N8/c1-4-15-35(16-5-2)17-7-6-8-24-19-33-26-18-23(9-10-25(26)34-24)20-36(21-27-29-11-12-30-27)22(3)28-31-13-14-32-28/h9-14,18-19,22H,4-8,15-17,20-21H2,1-3H3,(H,29,30)(H,31,32). The lowest BCUT2D eigenvalue weighted by atomic mass is 10.1. The summed E-state index contributed by atoms with van der Waals surface area (Å²) in [6.45, 7) is 11.7. The van der Waals surface area contributed by atoms with Gasteiger partial charge in [-0.15, -0.1) is 0 Å². The smallest absolute Gasteiger partial charge is 0.123 e. The summed E-state index contributed by atoms with van der Waals surface area (Å²) in [4.78, 5) is 30.0. The number of hydrogen-bond donors (Lipinski definition) is 2. The van der Waals surface area contributed by atoms with Crippen LogP contribution in [0.3, 0.4) is 0 Å². The molecule has 0 radical (unpaired) electrons. The number of imidazole rings is 2. The molecule has 3 aromatic heterocycles. The van der Waals surface area contributed by atoms with Crippen molar-refractivity contribution < 1.29 is 0 Å². The van der Waals surface area contributed by atoms with Crippen LogP contribution in [0.1, 0.15) is 75.4 Å². The van der Waals surface area contributed by atoms with Gasteiger partial charge in [0.1, 0.15) is 11.6 Å². The summed E-state index contributed by atoms with van der Waals surface area (Å²) in [5, 5.41) is 0. The Morgan fingerprint density at radius 3 is 2.39 bits per heavy atom. The van der Waals surface area contributed by atoms with Crippen molar-refractivity contribution in [3.8, 4) is 0 Å². The summed E-state index contributed by atoms with van der Waals surface area (Å²) in [6.07, 6.45) is 15.1. The quantitative estimate of drug-likeness (QED) is 0.221. The molecule has 0 fully saturated rings. The lowest BCUT2D eigenvalue weighted by molar-refractivity contribution is 0.181. The Kier molecular flexibility index (Phi) is 9.58. The van der Waals surface area contributed by atoms with Gasteiger partial charge in [-0.2, -0.15) is 0 Å². The normalized spacial score (nSPS) is 12.7. The molecule has 8 heteroatoms. The van der Waals surface area contributed by atoms with Crippen molar-refractivity contribution in [1.82, 2.24) is 39.7 Å². The number of hydrogen-bond acceptors (Lipinski definition) is 6. The van der Waals surface area contributed by atoms with Crippen LogP contribution >= 0.6 is 0 Å². The third-order valence-corrected chi connectivity index (χ3v) is 6.65. The van der Waals surface area contributed by atoms with Gasteiger partial charge in [0.05, 0.1) is 29.3 Å². The summed E-state index contributed by atoms with van der Waals surface area (Å²) in [6, 6.07) is 6.54. The van der Waals surface area contributed by atoms with Crippen LogP contribution in [-0.2, 0) is 19.5 Å². The third-order valence-electron chi connectivity index (χ3n) is 6.65. The highest BCUT2D eigenvalue weighted by Crippen LogP contribution is 2.23. The van der Waals surface area contributed by atoms with Crippen LogP contribution in [0.25, 0.3) is 11.0 Å². The van der Waals surface area contributed by atoms with Crippen LogP contribution in [0, 0.1) is 0 Å². The van der Waals surface area contributed by atoms with E-state index >= 15 is 0 Å². The predicted octanol–water partition coefficient (Wildman–Crippen LogP) is 5.28. The maximum absolute atomic E-state index is 4.90. The molecule has 4 aromatic rings. The van der Waals surface area contributed by atoms with Crippen LogP contribution < -0.4 is 0 Å². The molecule has 0 aliphatic heterocycles. The Balaban J connectivity index is 1.39. The molecule has 2 N–H and O–H groups in total. The lowest BCUT2D eigenvalue weighted by Crippen LogP contribution is -2.27. The minimum absolute atomic E-state index is 0.111. The van der Waals surface area contributed by atoms with Gasteiger partial charge in [0.2, 0.25) is 0 Å². The van der Waals surface area contributed by atoms with E-state index in [0.29, 0.717) is 6.54 Å². The number of benzene rings is 1. The molecule has 0 aliphatic carbocycles. The summed E-state index contributed by atoms with van der Waals surface area (Å²) < 4.78 is 0. The van der Waals surface area contributed by atoms with Crippen molar-refractivity contribution in [2.45, 2.75) is 72.0 Å². The predicted molar refractivity (Wildman–Crippen MR) is 144 cm³/mol. The first kappa shape index (κ1) is 26.0. The van der Waals surface area contributed by atoms with Crippen molar-refractivity contribution >= 4 is 11.0 Å². The van der Waals surface area contributed by atoms with E-state index in [9.17, 15) is 0 Å². The molecule has 0 saturated carbocycles. The zero-order valence-electron chi connectivity index (χ0n) is 22.0. The number of nitrogens with one attached hydrogen (secondary N) is 2. The SMILES string of the molecule is CCCN(CCC)CCCCc1cnc2cc(CN(Cc3ncc[nH]3)C(C)c3ncc[nH]3)ccc2n1. The fraction of sp³-hybridized carbons (Fsp3) is 0.500. The second-order valence-corrected chi connectivity index (χ2v) is 9.57. The van der Waals surface area contributed by atoms with Gasteiger partial charge in [-0.1, -0.05) is 19.9 Å². The van der Waals surface area contributed by atoms with Crippen molar-refractivity contribution in [2.24, 2.45) is 0 Å². The first-order valence-corrected chi connectivity index (χ1v) is 13.3. The minimum Gasteiger partial charge on any atom is -0.348 e. The zero-order chi connectivity index (χ0) is 25.2. The third kappa shape index (κ3) is 7.21. The Hall–Kier alpha value is -3.10. The Morgan fingerprint density at radius 2 is 1.67 bits per heavy atom. The van der Waals surface area contributed by atoms with Gasteiger partial charge in [0, 0.05) is 37.5 Å². The van der Waals surface area contributed by atoms with E-state index in [1.54, 1.807) is 12.4 Å². The molecule has 0 aliphatic rings. The van der Waals surface area contributed by atoms with Crippen LogP contribution in [0.5, 0.6) is 0 Å². The largest absolute Gasteiger partial charge is 0.348 e. The van der Waals surface area contributed by atoms with E-state index in [1.165, 1.54) is 44.5 Å². The summed E-state index contributed by atoms with van der Waals surface area (Å²) >= 11 is 0. The van der Waals surface area contributed by atoms with E-state index in [-0.39, 0.29) is 6.04 Å². The van der Waals surface area contributed by atoms with E-state index in [4.69, 9.17) is 9.97 Å². The fourth-order valence-corrected chi connectivity index (χ4v) is 4.74. The molecule has 192 valence electrons. The maximum Gasteiger partial charge on any atom is 0.123 e. The number of rotatable bonds is 15. The van der Waals surface area contributed by atoms with Crippen LogP contribution in [0.4, 0.5) is 0 Å². The Morgan fingerprint density at radius 1 is 0.861 bits per heavy atom. The van der Waals surface area contributed by atoms with Crippen molar-refractivity contribution in [3.05, 3.63) is 72.1 Å². The monoisotopic (exact) mass is 488 g/mol. The van der Waals surface area contributed by atoms with E-state index in [1.807, 2.05) is 18.6 Å². The van der Waals surface area contributed by atoms with Gasteiger partial charge in [-0.25, -0.2) is 15.0 Å². The fourth-order valence-electron chi connectivity index (χ4n) is 4.74. The van der Waals surface area contributed by atoms with Gasteiger partial charge < -0.3 is 14.9 Å². The van der Waals surface area contributed by atoms with Gasteiger partial charge in [0.15, 0.2) is 0 Å². The van der Waals surface area contributed by atoms with E-state index in [0.717, 1.165) is 47.8 Å². The van der Waals surface area contributed by atoms with E-state index < -0.39 is 0 Å². The van der Waals surface area contributed by atoms with Crippen LogP contribution in [0.2, 0.25) is 0 Å². The molecule has 0 saturated heterocycles. The Bertz CT molecular complexity index is 1150. The molecule has 0 bridgehead atoms. The highest BCUT2D eigenvalue weighted by Gasteiger charge is 2.20. The van der Waals surface area contributed by atoms with Gasteiger partial charge in [-0.05, 0) is 76.4 Å². The van der Waals surface area contributed by atoms with Crippen LogP contribution in [-0.4, -0.2) is 59.3 Å². The summed E-state index contributed by atoms with van der Waals surface area (Å²) in [7, 11) is 0. The molecular weight excluding hydrogens is 448 g/mol. The molecular formula is C28H40N8. The highest BCUT2D eigenvalue weighted by molar-refractivity contribution is 5.74. The average molecular weight is 489 g/mol. The van der Waals surface area contributed by atoms with Gasteiger partial charge in [-0.3, -0.25) is 9.88 Å². The van der Waals surface area contributed by atoms with Crippen molar-refractivity contribution in [3.63, 3.8) is 0 Å². The lowest BCUT2D eigenvalue weighted by Gasteiger charge is -2.27. The molecule has 36 heavy (non-hydrogen) atoms. The maximum atomic E-state index is 4.90. The number of nitrogens with zero attached hydrogens (tertiary/aromatic N) is 6. The summed E-state index contributed by atoms with van der Waals surface area (Å²) in [5.74, 6) is 1.88. The number of H-pyrrole nitrogens is 2. The first-order valence-electron chi connectivity index (χ1n) is 13.3. The number of aromatic amines is 2. The number of aryl methyl sites for hydroxylation is 1. The Labute approximate surface area is 214 Å². The molecule has 1 atom stereocenters. The molecule has 0 spiro atoms. The molecule has 3 heterocycles. The second kappa shape index (κ2) is 13.3. The molecule has 4 rings (SSSR count). The molecule has 8 nitrogen and oxygen atoms in total. The number of aromatic nitrogens is 6. The van der Waals surface area contributed by atoms with Gasteiger partial charge >= 0.3 is 0 Å². The number of unbranched alkanes of at least 4 members (excludes halogenated alkanes) is 1. The summed E-state index contributed by atoms with van der Waals surface area (Å²) in [5.41, 5.74) is 4.18. The van der Waals surface area contributed by atoms with Gasteiger partial charge in [0.25, 0.3) is 0 Å². The van der Waals surface area contributed by atoms with Crippen molar-refractivity contribution in [2.75, 3.05) is 19.6 Å². The number of fused-ring (bicyclic) bond motifs is 1. The molecule has 1 aromatic carbocycles. The first-order chi connectivity index (χ1) is 17.7. The zero-order valence-corrected chi connectivity index (χ0v) is 22.0. The average Bonchev–Trinajstić information content (AvgIpc) is 3.61. The van der Waals surface area contributed by atoms with E-state index in [2.05, 4.69) is 68.7 Å². The molecule has 1 unspecified atom stereocenters. The highest BCUT2D eigenvalue weighted by atomic mass is 15.2. The second-order valence-electron chi connectivity index (χ2n) is 9.57. The minimum atomic E-state index is 0.111. The topological polar surface area (TPSA) is 89.6 Å². The van der Waals surface area contributed by atoms with Crippen molar-refractivity contribution in [1.29, 1.82) is 0 Å².